The molecule has 45 heavy (non-hydrogen) atoms. The highest BCUT2D eigenvalue weighted by atomic mass is 16.2. The second kappa shape index (κ2) is 16.2. The molecule has 8 heteroatoms. The lowest BCUT2D eigenvalue weighted by molar-refractivity contribution is 0.174. The van der Waals surface area contributed by atoms with Gasteiger partial charge in [0.25, 0.3) is 0 Å². The third-order valence-electron chi connectivity index (χ3n) is 9.34. The molecule has 4 amide bonds. The molecule has 3 aromatic rings. The van der Waals surface area contributed by atoms with E-state index in [1.165, 1.54) is 25.7 Å². The molecule has 240 valence electrons. The third kappa shape index (κ3) is 9.40. The highest BCUT2D eigenvalue weighted by Crippen LogP contribution is 2.27. The predicted molar refractivity (Wildman–Crippen MR) is 185 cm³/mol. The van der Waals surface area contributed by atoms with Gasteiger partial charge in [0.15, 0.2) is 0 Å². The number of carbonyl (C=O) groups is 2. The standard InChI is InChI=1S/C37H50N6O2/c1-39-31-21-23-33(24-22-31)41-37(45)43(35-15-8-4-5-9-16-35)27-29-12-10-11-28(25-29)26-42(34-13-6-2-3-7-14-34)36(44)40-32-19-17-30(38)18-20-32/h10-12,17-25,34-35,39H,2-9,13-16,26-27,38H2,1H3,(H,40,44)(H,41,45). The molecule has 8 nitrogen and oxygen atoms in total. The Kier molecular flexibility index (Phi) is 11.6. The number of benzene rings is 3. The average Bonchev–Trinajstić information content (AvgIpc) is 3.50. The van der Waals surface area contributed by atoms with Crippen molar-refractivity contribution in [3.8, 4) is 0 Å². The van der Waals surface area contributed by atoms with Gasteiger partial charge in [-0.05, 0) is 85.3 Å². The van der Waals surface area contributed by atoms with Crippen LogP contribution in [0.25, 0.3) is 0 Å². The minimum atomic E-state index is -0.0826. The summed E-state index contributed by atoms with van der Waals surface area (Å²) >= 11 is 0. The smallest absolute Gasteiger partial charge is 0.322 e. The van der Waals surface area contributed by atoms with Crippen molar-refractivity contribution in [1.29, 1.82) is 0 Å². The lowest BCUT2D eigenvalue weighted by Crippen LogP contribution is -2.42. The summed E-state index contributed by atoms with van der Waals surface area (Å²) < 4.78 is 0. The topological polar surface area (TPSA) is 103 Å². The average molecular weight is 611 g/mol. The Morgan fingerprint density at radius 1 is 0.622 bits per heavy atom. The molecule has 0 aliphatic heterocycles. The lowest BCUT2D eigenvalue weighted by atomic mass is 10.0. The van der Waals surface area contributed by atoms with Crippen LogP contribution in [0.2, 0.25) is 0 Å². The Morgan fingerprint density at radius 2 is 1.02 bits per heavy atom. The third-order valence-corrected chi connectivity index (χ3v) is 9.34. The normalized spacial score (nSPS) is 16.2. The summed E-state index contributed by atoms with van der Waals surface area (Å²) in [5.74, 6) is 0. The molecule has 0 saturated heterocycles. The molecule has 2 aliphatic rings. The van der Waals surface area contributed by atoms with Crippen molar-refractivity contribution in [2.45, 2.75) is 102 Å². The molecule has 0 heterocycles. The summed E-state index contributed by atoms with van der Waals surface area (Å²) in [5.41, 5.74) is 11.2. The zero-order valence-electron chi connectivity index (χ0n) is 26.8. The molecule has 2 saturated carbocycles. The van der Waals surface area contributed by atoms with Crippen LogP contribution in [-0.2, 0) is 13.1 Å². The molecule has 0 radical (unpaired) electrons. The van der Waals surface area contributed by atoms with Crippen molar-refractivity contribution in [3.05, 3.63) is 83.9 Å². The fourth-order valence-electron chi connectivity index (χ4n) is 6.77. The summed E-state index contributed by atoms with van der Waals surface area (Å²) in [5, 5.41) is 9.40. The molecule has 0 aromatic heterocycles. The molecule has 0 spiro atoms. The summed E-state index contributed by atoms with van der Waals surface area (Å²) in [7, 11) is 1.89. The molecule has 3 aromatic carbocycles. The molecular weight excluding hydrogens is 560 g/mol. The molecule has 2 fully saturated rings. The van der Waals surface area contributed by atoms with Crippen molar-refractivity contribution in [1.82, 2.24) is 9.80 Å². The molecular formula is C37H50N6O2. The molecule has 0 atom stereocenters. The number of rotatable bonds is 9. The number of nitrogens with one attached hydrogen (secondary N) is 3. The Labute approximate surface area is 268 Å². The number of anilines is 4. The van der Waals surface area contributed by atoms with Crippen LogP contribution < -0.4 is 21.7 Å². The first kappa shape index (κ1) is 32.2. The van der Waals surface area contributed by atoms with Crippen LogP contribution in [-0.4, -0.2) is 41.0 Å². The number of amides is 4. The SMILES string of the molecule is CNc1ccc(NC(=O)N(Cc2cccc(CN(C(=O)Nc3ccc(N)cc3)C3CCCCCC3)c2)C2CCCCCC2)cc1. The first-order valence-corrected chi connectivity index (χ1v) is 16.8. The van der Waals surface area contributed by atoms with E-state index in [2.05, 4.69) is 40.2 Å². The summed E-state index contributed by atoms with van der Waals surface area (Å²) in [6, 6.07) is 23.8. The van der Waals surface area contributed by atoms with E-state index in [0.717, 1.165) is 79.6 Å². The maximum absolute atomic E-state index is 13.8. The fourth-order valence-corrected chi connectivity index (χ4v) is 6.77. The quantitative estimate of drug-likeness (QED) is 0.144. The van der Waals surface area contributed by atoms with E-state index in [4.69, 9.17) is 5.73 Å². The van der Waals surface area contributed by atoms with Crippen LogP contribution >= 0.6 is 0 Å². The number of hydrogen-bond donors (Lipinski definition) is 4. The van der Waals surface area contributed by atoms with Crippen molar-refractivity contribution in [2.75, 3.05) is 28.7 Å². The zero-order chi connectivity index (χ0) is 31.4. The van der Waals surface area contributed by atoms with Gasteiger partial charge in [-0.1, -0.05) is 75.6 Å². The number of hydrogen-bond acceptors (Lipinski definition) is 4. The minimum Gasteiger partial charge on any atom is -0.399 e. The van der Waals surface area contributed by atoms with Gasteiger partial charge in [0, 0.05) is 55.0 Å². The van der Waals surface area contributed by atoms with Gasteiger partial charge in [-0.25, -0.2) is 9.59 Å². The lowest BCUT2D eigenvalue weighted by Gasteiger charge is -2.33. The first-order chi connectivity index (χ1) is 22.0. The van der Waals surface area contributed by atoms with Gasteiger partial charge in [-0.2, -0.15) is 0 Å². The van der Waals surface area contributed by atoms with Crippen LogP contribution in [0.1, 0.15) is 88.2 Å². The summed E-state index contributed by atoms with van der Waals surface area (Å²) in [6.45, 7) is 1.05. The van der Waals surface area contributed by atoms with Gasteiger partial charge in [0.2, 0.25) is 0 Å². The van der Waals surface area contributed by atoms with Crippen LogP contribution in [0.3, 0.4) is 0 Å². The van der Waals surface area contributed by atoms with Crippen molar-refractivity contribution in [3.63, 3.8) is 0 Å². The predicted octanol–water partition coefficient (Wildman–Crippen LogP) is 8.82. The Balaban J connectivity index is 1.34. The maximum Gasteiger partial charge on any atom is 0.322 e. The van der Waals surface area contributed by atoms with Gasteiger partial charge < -0.3 is 31.5 Å². The van der Waals surface area contributed by atoms with E-state index in [9.17, 15) is 9.59 Å². The monoisotopic (exact) mass is 610 g/mol. The molecule has 5 N–H and O–H groups in total. The number of urea groups is 2. The Hall–Kier alpha value is -4.20. The van der Waals surface area contributed by atoms with Crippen molar-refractivity contribution in [2.24, 2.45) is 0 Å². The number of nitrogens with two attached hydrogens (primary N) is 1. The Bertz CT molecular complexity index is 1360. The highest BCUT2D eigenvalue weighted by Gasteiger charge is 2.27. The number of nitrogens with zero attached hydrogens (tertiary/aromatic N) is 2. The van der Waals surface area contributed by atoms with Gasteiger partial charge in [-0.3, -0.25) is 0 Å². The first-order valence-electron chi connectivity index (χ1n) is 16.8. The molecule has 0 unspecified atom stereocenters. The van der Waals surface area contributed by atoms with Crippen molar-refractivity contribution >= 4 is 34.8 Å². The zero-order valence-corrected chi connectivity index (χ0v) is 26.8. The van der Waals surface area contributed by atoms with Crippen LogP contribution in [0.4, 0.5) is 32.3 Å². The van der Waals surface area contributed by atoms with E-state index in [1.54, 1.807) is 0 Å². The van der Waals surface area contributed by atoms with Crippen LogP contribution in [0, 0.1) is 0 Å². The van der Waals surface area contributed by atoms with Gasteiger partial charge >= 0.3 is 12.1 Å². The molecule has 5 rings (SSSR count). The minimum absolute atomic E-state index is 0.0625. The fraction of sp³-hybridized carbons (Fsp3) is 0.459. The van der Waals surface area contributed by atoms with Gasteiger partial charge in [0.1, 0.15) is 0 Å². The Morgan fingerprint density at radius 3 is 1.44 bits per heavy atom. The van der Waals surface area contributed by atoms with Crippen LogP contribution in [0.15, 0.2) is 72.8 Å². The van der Waals surface area contributed by atoms with E-state index in [-0.39, 0.29) is 24.1 Å². The van der Waals surface area contributed by atoms with Gasteiger partial charge in [-0.15, -0.1) is 0 Å². The molecule has 0 bridgehead atoms. The highest BCUT2D eigenvalue weighted by molar-refractivity contribution is 5.90. The summed E-state index contributed by atoms with van der Waals surface area (Å²) in [6.07, 6.45) is 13.5. The van der Waals surface area contributed by atoms with E-state index in [1.807, 2.05) is 65.4 Å². The maximum atomic E-state index is 13.8. The largest absolute Gasteiger partial charge is 0.399 e. The van der Waals surface area contributed by atoms with E-state index in [0.29, 0.717) is 18.8 Å². The number of carbonyl (C=O) groups excluding carboxylic acids is 2. The van der Waals surface area contributed by atoms with E-state index < -0.39 is 0 Å². The van der Waals surface area contributed by atoms with Crippen molar-refractivity contribution < 1.29 is 9.59 Å². The second-order valence-electron chi connectivity index (χ2n) is 12.7. The van der Waals surface area contributed by atoms with Crippen LogP contribution in [0.5, 0.6) is 0 Å². The van der Waals surface area contributed by atoms with E-state index >= 15 is 0 Å². The number of nitrogen functional groups attached to an aromatic ring is 1. The second-order valence-corrected chi connectivity index (χ2v) is 12.7. The van der Waals surface area contributed by atoms with Gasteiger partial charge in [0.05, 0.1) is 0 Å². The molecule has 2 aliphatic carbocycles. The summed E-state index contributed by atoms with van der Waals surface area (Å²) in [4.78, 5) is 31.6.